The van der Waals surface area contributed by atoms with E-state index in [1.807, 2.05) is 88.0 Å². The van der Waals surface area contributed by atoms with Gasteiger partial charge in [-0.05, 0) is 91.4 Å². The monoisotopic (exact) mass is 875 g/mol. The second-order valence-corrected chi connectivity index (χ2v) is 15.7. The fraction of sp³-hybridized carbons (Fsp3) is 0.182. The molecule has 0 atom stereocenters. The highest BCUT2D eigenvalue weighted by Crippen LogP contribution is 2.24. The highest BCUT2D eigenvalue weighted by molar-refractivity contribution is 9.10. The molecule has 0 aliphatic rings. The van der Waals surface area contributed by atoms with Gasteiger partial charge in [0.25, 0.3) is 5.91 Å². The third kappa shape index (κ3) is 8.94. The standard InChI is InChI=1S/C26H23BrN2O2.C18H16BrN3O3/c1-26(2,3)18-13-11-17(12-14-18)24(30)21-16-29(15-19-7-6-10-23(27)28-19)22-9-5-4-8-20(22)25(21)31;1-21(25-2)18(24)14-11-22(10-12-6-5-9-16(19)20-12)15-8-4-3-7-13(15)17(14)23/h4-14,16H,15H2,1-3H3;3-9,11H,10H2,1-2H3. The molecule has 12 heteroatoms. The van der Waals surface area contributed by atoms with Crippen molar-refractivity contribution in [2.75, 3.05) is 14.2 Å². The Kier molecular flexibility index (Phi) is 12.2. The first-order chi connectivity index (χ1) is 26.7. The van der Waals surface area contributed by atoms with Crippen molar-refractivity contribution >= 4 is 65.4 Å². The van der Waals surface area contributed by atoms with Gasteiger partial charge in [-0.2, -0.15) is 0 Å². The summed E-state index contributed by atoms with van der Waals surface area (Å²) >= 11 is 6.76. The summed E-state index contributed by atoms with van der Waals surface area (Å²) in [5.41, 5.74) is 4.44. The SMILES string of the molecule is CC(C)(C)c1ccc(C(=O)c2cn(Cc3cccc(Br)n3)c3ccccc3c2=O)cc1.CON(C)C(=O)c1cn(Cc2cccc(Br)n2)c2ccccc2c1=O. The number of nitrogens with zero attached hydrogens (tertiary/aromatic N) is 5. The largest absolute Gasteiger partial charge is 0.340 e. The van der Waals surface area contributed by atoms with Crippen molar-refractivity contribution in [2.45, 2.75) is 39.3 Å². The fourth-order valence-corrected chi connectivity index (χ4v) is 6.98. The van der Waals surface area contributed by atoms with Gasteiger partial charge in [0.2, 0.25) is 10.9 Å². The number of para-hydroxylation sites is 2. The Morgan fingerprint density at radius 2 is 1.12 bits per heavy atom. The summed E-state index contributed by atoms with van der Waals surface area (Å²) < 4.78 is 5.24. The van der Waals surface area contributed by atoms with Crippen LogP contribution in [0.5, 0.6) is 0 Å². The van der Waals surface area contributed by atoms with Crippen LogP contribution in [-0.2, 0) is 23.3 Å². The molecule has 0 radical (unpaired) electrons. The number of aromatic nitrogens is 4. The van der Waals surface area contributed by atoms with Crippen LogP contribution in [0.2, 0.25) is 0 Å². The summed E-state index contributed by atoms with van der Waals surface area (Å²) in [6.45, 7) is 7.26. The van der Waals surface area contributed by atoms with Crippen LogP contribution in [0.4, 0.5) is 0 Å². The number of benzene rings is 3. The van der Waals surface area contributed by atoms with E-state index in [0.29, 0.717) is 29.4 Å². The first-order valence-electron chi connectivity index (χ1n) is 17.7. The first kappa shape index (κ1) is 40.1. The number of carbonyl (C=O) groups is 2. The minimum absolute atomic E-state index is 0.00575. The van der Waals surface area contributed by atoms with Gasteiger partial charge < -0.3 is 9.13 Å². The van der Waals surface area contributed by atoms with Crippen LogP contribution < -0.4 is 10.9 Å². The molecule has 0 bridgehead atoms. The summed E-state index contributed by atoms with van der Waals surface area (Å²) in [5.74, 6) is -0.763. The maximum absolute atomic E-state index is 13.3. The maximum Gasteiger partial charge on any atom is 0.282 e. The molecule has 10 nitrogen and oxygen atoms in total. The van der Waals surface area contributed by atoms with Crippen molar-refractivity contribution in [3.63, 3.8) is 0 Å². The molecule has 4 aromatic heterocycles. The average molecular weight is 878 g/mol. The third-order valence-corrected chi connectivity index (χ3v) is 10.1. The first-order valence-corrected chi connectivity index (χ1v) is 19.3. The molecule has 0 aliphatic carbocycles. The quantitative estimate of drug-likeness (QED) is 0.0854. The van der Waals surface area contributed by atoms with Crippen LogP contribution in [-0.4, -0.2) is 50.0 Å². The zero-order valence-electron chi connectivity index (χ0n) is 31.5. The van der Waals surface area contributed by atoms with Gasteiger partial charge in [0, 0.05) is 35.8 Å². The van der Waals surface area contributed by atoms with E-state index in [1.54, 1.807) is 42.7 Å². The van der Waals surface area contributed by atoms with Crippen molar-refractivity contribution in [1.82, 2.24) is 24.2 Å². The molecule has 284 valence electrons. The third-order valence-electron chi connectivity index (χ3n) is 9.23. The second kappa shape index (κ2) is 17.1. The highest BCUT2D eigenvalue weighted by Gasteiger charge is 2.21. The molecule has 0 N–H and O–H groups in total. The van der Waals surface area contributed by atoms with E-state index in [1.165, 1.54) is 14.2 Å². The van der Waals surface area contributed by atoms with Crippen molar-refractivity contribution in [2.24, 2.45) is 0 Å². The predicted octanol–water partition coefficient (Wildman–Crippen LogP) is 8.58. The molecule has 0 fully saturated rings. The second-order valence-electron chi connectivity index (χ2n) is 14.1. The van der Waals surface area contributed by atoms with Crippen LogP contribution in [0.3, 0.4) is 0 Å². The number of fused-ring (bicyclic) bond motifs is 2. The number of pyridine rings is 4. The number of carbonyl (C=O) groups excluding carboxylic acids is 2. The van der Waals surface area contributed by atoms with Gasteiger partial charge in [0.15, 0.2) is 5.78 Å². The minimum Gasteiger partial charge on any atom is -0.340 e. The lowest BCUT2D eigenvalue weighted by Crippen LogP contribution is -2.31. The number of amides is 1. The zero-order valence-corrected chi connectivity index (χ0v) is 34.7. The number of hydrogen-bond donors (Lipinski definition) is 0. The number of hydrogen-bond acceptors (Lipinski definition) is 7. The van der Waals surface area contributed by atoms with Gasteiger partial charge in [-0.1, -0.05) is 81.4 Å². The van der Waals surface area contributed by atoms with Crippen LogP contribution in [0.25, 0.3) is 21.8 Å². The lowest BCUT2D eigenvalue weighted by atomic mass is 9.86. The molecule has 0 unspecified atom stereocenters. The summed E-state index contributed by atoms with van der Waals surface area (Å²) in [7, 11) is 2.85. The smallest absolute Gasteiger partial charge is 0.282 e. The molecular formula is C44H39Br2N5O5. The van der Waals surface area contributed by atoms with Crippen LogP contribution in [0.1, 0.15) is 64.0 Å². The van der Waals surface area contributed by atoms with E-state index in [9.17, 15) is 19.2 Å². The molecule has 4 heterocycles. The maximum atomic E-state index is 13.3. The molecule has 3 aromatic carbocycles. The number of halogens is 2. The van der Waals surface area contributed by atoms with E-state index in [0.717, 1.165) is 42.3 Å². The topological polar surface area (TPSA) is 116 Å². The van der Waals surface area contributed by atoms with Gasteiger partial charge in [0.05, 0.1) is 48.2 Å². The minimum atomic E-state index is -0.491. The molecule has 0 aliphatic heterocycles. The summed E-state index contributed by atoms with van der Waals surface area (Å²) in [4.78, 5) is 65.5. The molecule has 0 saturated carbocycles. The van der Waals surface area contributed by atoms with Crippen LogP contribution in [0, 0.1) is 0 Å². The van der Waals surface area contributed by atoms with Gasteiger partial charge in [-0.3, -0.25) is 24.0 Å². The fourth-order valence-electron chi connectivity index (χ4n) is 6.22. The van der Waals surface area contributed by atoms with Gasteiger partial charge >= 0.3 is 0 Å². The van der Waals surface area contributed by atoms with Crippen LogP contribution >= 0.6 is 31.9 Å². The van der Waals surface area contributed by atoms with Crippen molar-refractivity contribution < 1.29 is 14.4 Å². The van der Waals surface area contributed by atoms with Gasteiger partial charge in [-0.25, -0.2) is 15.0 Å². The van der Waals surface area contributed by atoms with Gasteiger partial charge in [0.1, 0.15) is 14.8 Å². The average Bonchev–Trinajstić information content (AvgIpc) is 3.19. The highest BCUT2D eigenvalue weighted by atomic mass is 79.9. The molecule has 56 heavy (non-hydrogen) atoms. The van der Waals surface area contributed by atoms with Crippen molar-refractivity contribution in [1.29, 1.82) is 0 Å². The summed E-state index contributed by atoms with van der Waals surface area (Å²) in [6, 6.07) is 33.4. The molecule has 7 aromatic rings. The molecule has 7 rings (SSSR count). The molecule has 0 spiro atoms. The van der Waals surface area contributed by atoms with E-state index in [2.05, 4.69) is 62.6 Å². The zero-order chi connectivity index (χ0) is 40.1. The Morgan fingerprint density at radius 1 is 0.661 bits per heavy atom. The van der Waals surface area contributed by atoms with Crippen molar-refractivity contribution in [3.8, 4) is 0 Å². The van der Waals surface area contributed by atoms with E-state index < -0.39 is 5.91 Å². The number of rotatable bonds is 8. The Balaban J connectivity index is 0.000000194. The Hall–Kier alpha value is -5.56. The lowest BCUT2D eigenvalue weighted by molar-refractivity contribution is -0.0758. The Labute approximate surface area is 340 Å². The Morgan fingerprint density at radius 3 is 1.59 bits per heavy atom. The molecular weight excluding hydrogens is 838 g/mol. The number of hydroxylamine groups is 2. The van der Waals surface area contributed by atoms with E-state index in [-0.39, 0.29) is 33.2 Å². The lowest BCUT2D eigenvalue weighted by Gasteiger charge is -2.19. The van der Waals surface area contributed by atoms with E-state index >= 15 is 0 Å². The van der Waals surface area contributed by atoms with Gasteiger partial charge in [-0.15, -0.1) is 0 Å². The van der Waals surface area contributed by atoms with Crippen molar-refractivity contribution in [3.05, 3.63) is 185 Å². The summed E-state index contributed by atoms with van der Waals surface area (Å²) in [5, 5.41) is 2.04. The molecule has 1 amide bonds. The normalized spacial score (nSPS) is 11.3. The number of ketones is 1. The Bertz CT molecular complexity index is 2700. The molecule has 0 saturated heterocycles. The van der Waals surface area contributed by atoms with Crippen LogP contribution in [0.15, 0.2) is 140 Å². The predicted molar refractivity (Wildman–Crippen MR) is 226 cm³/mol. The summed E-state index contributed by atoms with van der Waals surface area (Å²) in [6.07, 6.45) is 3.22. The van der Waals surface area contributed by atoms with E-state index in [4.69, 9.17) is 4.84 Å².